The van der Waals surface area contributed by atoms with Crippen LogP contribution in [0.15, 0.2) is 24.3 Å². The molecule has 1 aromatic rings. The summed E-state index contributed by atoms with van der Waals surface area (Å²) in [6.45, 7) is 0.585. The van der Waals surface area contributed by atoms with Gasteiger partial charge in [-0.25, -0.2) is 0 Å². The van der Waals surface area contributed by atoms with E-state index in [4.69, 9.17) is 6.42 Å². The summed E-state index contributed by atoms with van der Waals surface area (Å²) >= 11 is 0. The molecule has 0 aromatic heterocycles. The van der Waals surface area contributed by atoms with Crippen molar-refractivity contribution >= 4 is 11.6 Å². The maximum atomic E-state index is 12.8. The second-order valence-electron chi connectivity index (χ2n) is 6.14. The van der Waals surface area contributed by atoms with Crippen molar-refractivity contribution in [1.82, 2.24) is 4.90 Å². The molecule has 0 N–H and O–H groups in total. The number of hydrogen-bond donors (Lipinski definition) is 0. The number of rotatable bonds is 2. The third-order valence-corrected chi connectivity index (χ3v) is 4.77. The number of fused-ring (bicyclic) bond motifs is 1. The fraction of sp³-hybridized carbons (Fsp3) is 0.500. The van der Waals surface area contributed by atoms with Gasteiger partial charge < -0.3 is 9.80 Å². The maximum absolute atomic E-state index is 12.8. The summed E-state index contributed by atoms with van der Waals surface area (Å²) in [5, 5.41) is 0. The largest absolute Gasteiger partial charge is 0.356 e. The fourth-order valence-corrected chi connectivity index (χ4v) is 3.66. The van der Waals surface area contributed by atoms with Crippen LogP contribution in [0.5, 0.6) is 0 Å². The predicted octanol–water partition coefficient (Wildman–Crippen LogP) is 3.12. The van der Waals surface area contributed by atoms with Crippen molar-refractivity contribution in [2.75, 3.05) is 18.6 Å². The van der Waals surface area contributed by atoms with Crippen LogP contribution in [0.4, 0.5) is 5.69 Å². The lowest BCUT2D eigenvalue weighted by molar-refractivity contribution is 0.0634. The molecule has 21 heavy (non-hydrogen) atoms. The lowest BCUT2D eigenvalue weighted by Crippen LogP contribution is -2.52. The van der Waals surface area contributed by atoms with Gasteiger partial charge in [0.25, 0.3) is 5.91 Å². The van der Waals surface area contributed by atoms with Crippen LogP contribution < -0.4 is 4.90 Å². The van der Waals surface area contributed by atoms with E-state index in [2.05, 4.69) is 10.8 Å². The molecule has 0 bridgehead atoms. The van der Waals surface area contributed by atoms with Gasteiger partial charge in [-0.05, 0) is 30.9 Å². The highest BCUT2D eigenvalue weighted by molar-refractivity contribution is 6.01. The van der Waals surface area contributed by atoms with Crippen molar-refractivity contribution in [3.8, 4) is 12.3 Å². The lowest BCUT2D eigenvalue weighted by Gasteiger charge is -2.42. The molecule has 3 heteroatoms. The van der Waals surface area contributed by atoms with E-state index in [-0.39, 0.29) is 11.9 Å². The number of nitrogens with zero attached hydrogens (tertiary/aromatic N) is 2. The van der Waals surface area contributed by atoms with Crippen molar-refractivity contribution in [2.24, 2.45) is 5.92 Å². The second-order valence-corrected chi connectivity index (χ2v) is 6.14. The highest BCUT2D eigenvalue weighted by atomic mass is 16.2. The van der Waals surface area contributed by atoms with Crippen LogP contribution in [-0.2, 0) is 0 Å². The van der Waals surface area contributed by atoms with Gasteiger partial charge in [-0.3, -0.25) is 4.79 Å². The zero-order chi connectivity index (χ0) is 14.8. The summed E-state index contributed by atoms with van der Waals surface area (Å²) in [5.41, 5.74) is 1.76. The van der Waals surface area contributed by atoms with Gasteiger partial charge in [-0.2, -0.15) is 0 Å². The molecule has 1 aliphatic carbocycles. The number of terminal acetylenes is 1. The lowest BCUT2D eigenvalue weighted by atomic mass is 9.83. The molecule has 0 radical (unpaired) electrons. The first kappa shape index (κ1) is 14.0. The Kier molecular flexibility index (Phi) is 3.88. The molecular formula is C18H22N2O. The summed E-state index contributed by atoms with van der Waals surface area (Å²) in [5.74, 6) is 3.43. The molecular weight excluding hydrogens is 260 g/mol. The van der Waals surface area contributed by atoms with Gasteiger partial charge in [0.05, 0.1) is 24.0 Å². The molecule has 1 aliphatic heterocycles. The standard InChI is InChI=1S/C18H22N2O/c1-3-16(14-9-5-4-6-10-14)20-13-19(2)17-12-8-7-11-15(17)18(20)21/h1,7-8,11-12,14,16H,4-6,9-10,13H2,2H3. The Morgan fingerprint density at radius 3 is 2.67 bits per heavy atom. The van der Waals surface area contributed by atoms with Crippen LogP contribution in [0.25, 0.3) is 0 Å². The van der Waals surface area contributed by atoms with E-state index in [1.165, 1.54) is 19.3 Å². The predicted molar refractivity (Wildman–Crippen MR) is 85.1 cm³/mol. The molecule has 1 atom stereocenters. The van der Waals surface area contributed by atoms with Crippen molar-refractivity contribution in [3.63, 3.8) is 0 Å². The second kappa shape index (κ2) is 5.81. The molecule has 110 valence electrons. The molecule has 1 saturated carbocycles. The van der Waals surface area contributed by atoms with Crippen LogP contribution >= 0.6 is 0 Å². The Hall–Kier alpha value is -1.95. The molecule has 1 heterocycles. The van der Waals surface area contributed by atoms with Gasteiger partial charge in [0.2, 0.25) is 0 Å². The Labute approximate surface area is 126 Å². The first-order valence-electron chi connectivity index (χ1n) is 7.79. The maximum Gasteiger partial charge on any atom is 0.258 e. The summed E-state index contributed by atoms with van der Waals surface area (Å²) < 4.78 is 0. The average Bonchev–Trinajstić information content (AvgIpc) is 2.54. The first-order chi connectivity index (χ1) is 10.2. The van der Waals surface area contributed by atoms with Gasteiger partial charge in [0, 0.05) is 7.05 Å². The molecule has 0 spiro atoms. The molecule has 1 amide bonds. The third kappa shape index (κ3) is 2.51. The van der Waals surface area contributed by atoms with Crippen molar-refractivity contribution < 1.29 is 4.79 Å². The number of benzene rings is 1. The van der Waals surface area contributed by atoms with E-state index in [1.54, 1.807) is 0 Å². The number of carbonyl (C=O) groups excluding carboxylic acids is 1. The van der Waals surface area contributed by atoms with Crippen molar-refractivity contribution in [1.29, 1.82) is 0 Å². The average molecular weight is 282 g/mol. The molecule has 1 fully saturated rings. The SMILES string of the molecule is C#CC(C1CCCCC1)N1CN(C)c2ccccc2C1=O. The number of hydrogen-bond acceptors (Lipinski definition) is 2. The molecule has 1 aromatic carbocycles. The van der Waals surface area contributed by atoms with Crippen molar-refractivity contribution in [3.05, 3.63) is 29.8 Å². The summed E-state index contributed by atoms with van der Waals surface area (Å²) in [7, 11) is 2.02. The van der Waals surface area contributed by atoms with Crippen LogP contribution in [0.2, 0.25) is 0 Å². The highest BCUT2D eigenvalue weighted by Crippen LogP contribution is 2.33. The van der Waals surface area contributed by atoms with Crippen LogP contribution in [0.3, 0.4) is 0 Å². The number of carbonyl (C=O) groups is 1. The Bertz CT molecular complexity index is 569. The quantitative estimate of drug-likeness (QED) is 0.778. The topological polar surface area (TPSA) is 23.6 Å². The molecule has 2 aliphatic rings. The van der Waals surface area contributed by atoms with Gasteiger partial charge in [0.15, 0.2) is 0 Å². The van der Waals surface area contributed by atoms with Gasteiger partial charge in [-0.1, -0.05) is 37.3 Å². The smallest absolute Gasteiger partial charge is 0.258 e. The number of para-hydroxylation sites is 1. The normalized spacial score (nSPS) is 20.9. The summed E-state index contributed by atoms with van der Waals surface area (Å²) in [6, 6.07) is 7.70. The molecule has 1 unspecified atom stereocenters. The van der Waals surface area contributed by atoms with E-state index >= 15 is 0 Å². The molecule has 0 saturated heterocycles. The van der Waals surface area contributed by atoms with E-state index < -0.39 is 0 Å². The van der Waals surface area contributed by atoms with Crippen LogP contribution in [-0.4, -0.2) is 30.6 Å². The van der Waals surface area contributed by atoms with Crippen LogP contribution in [0, 0.1) is 18.3 Å². The number of anilines is 1. The minimum atomic E-state index is -0.0754. The van der Waals surface area contributed by atoms with E-state index in [1.807, 2.05) is 36.2 Å². The highest BCUT2D eigenvalue weighted by Gasteiger charge is 2.35. The third-order valence-electron chi connectivity index (χ3n) is 4.77. The minimum absolute atomic E-state index is 0.0754. The number of amides is 1. The van der Waals surface area contributed by atoms with Crippen molar-refractivity contribution in [2.45, 2.75) is 38.1 Å². The Morgan fingerprint density at radius 2 is 1.95 bits per heavy atom. The summed E-state index contributed by atoms with van der Waals surface area (Å²) in [6.07, 6.45) is 11.8. The Balaban J connectivity index is 1.89. The van der Waals surface area contributed by atoms with E-state index in [0.29, 0.717) is 12.6 Å². The van der Waals surface area contributed by atoms with E-state index in [9.17, 15) is 4.79 Å². The Morgan fingerprint density at radius 1 is 1.24 bits per heavy atom. The van der Waals surface area contributed by atoms with E-state index in [0.717, 1.165) is 24.1 Å². The summed E-state index contributed by atoms with van der Waals surface area (Å²) in [4.78, 5) is 16.8. The fourth-order valence-electron chi connectivity index (χ4n) is 3.66. The monoisotopic (exact) mass is 282 g/mol. The van der Waals surface area contributed by atoms with Gasteiger partial charge in [-0.15, -0.1) is 6.42 Å². The minimum Gasteiger partial charge on any atom is -0.356 e. The zero-order valence-electron chi connectivity index (χ0n) is 12.6. The molecule has 3 rings (SSSR count). The molecule has 3 nitrogen and oxygen atoms in total. The van der Waals surface area contributed by atoms with Crippen LogP contribution in [0.1, 0.15) is 42.5 Å². The first-order valence-corrected chi connectivity index (χ1v) is 7.79. The zero-order valence-corrected chi connectivity index (χ0v) is 12.6. The van der Waals surface area contributed by atoms with Gasteiger partial charge >= 0.3 is 0 Å². The van der Waals surface area contributed by atoms with Gasteiger partial charge in [0.1, 0.15) is 0 Å².